The van der Waals surface area contributed by atoms with Gasteiger partial charge in [-0.3, -0.25) is 4.79 Å². The Morgan fingerprint density at radius 1 is 1.12 bits per heavy atom. The van der Waals surface area contributed by atoms with Gasteiger partial charge in [-0.2, -0.15) is 10.2 Å². The molecule has 32 heavy (non-hydrogen) atoms. The standard InChI is InChI=1S/C24H19ClN4O3/c1-15-19(23(25)29(28-15)18-9-3-2-4-10-18)13-26-27-24(30)22-14-31-20-11-16-7-5-6-8-17(16)12-21(20)32-22/h2-13,22H,14H2,1H3,(H,27,30)/b26-13+/t22-/m0/s1. The second-order valence-electron chi connectivity index (χ2n) is 7.34. The number of ether oxygens (including phenoxy) is 2. The Kier molecular flexibility index (Phi) is 5.25. The van der Waals surface area contributed by atoms with E-state index >= 15 is 0 Å². The molecule has 1 amide bonds. The van der Waals surface area contributed by atoms with Gasteiger partial charge in [0.2, 0.25) is 6.10 Å². The zero-order valence-electron chi connectivity index (χ0n) is 17.2. The van der Waals surface area contributed by atoms with E-state index in [1.807, 2.05) is 73.7 Å². The number of aryl methyl sites for hydroxylation is 1. The van der Waals surface area contributed by atoms with Crippen LogP contribution in [-0.4, -0.2) is 34.6 Å². The van der Waals surface area contributed by atoms with Crippen LogP contribution in [-0.2, 0) is 4.79 Å². The van der Waals surface area contributed by atoms with Gasteiger partial charge in [-0.15, -0.1) is 0 Å². The summed E-state index contributed by atoms with van der Waals surface area (Å²) in [6, 6.07) is 21.2. The van der Waals surface area contributed by atoms with Crippen LogP contribution in [0.2, 0.25) is 5.15 Å². The van der Waals surface area contributed by atoms with Crippen LogP contribution in [0.3, 0.4) is 0 Å². The molecule has 1 atom stereocenters. The minimum atomic E-state index is -0.815. The number of carbonyl (C=O) groups excluding carboxylic acids is 1. The van der Waals surface area contributed by atoms with Gasteiger partial charge in [-0.25, -0.2) is 10.1 Å². The van der Waals surface area contributed by atoms with Gasteiger partial charge < -0.3 is 9.47 Å². The number of nitrogens with zero attached hydrogens (tertiary/aromatic N) is 3. The van der Waals surface area contributed by atoms with Gasteiger partial charge in [-0.1, -0.05) is 54.1 Å². The Morgan fingerprint density at radius 2 is 1.81 bits per heavy atom. The van der Waals surface area contributed by atoms with E-state index in [9.17, 15) is 4.79 Å². The summed E-state index contributed by atoms with van der Waals surface area (Å²) < 4.78 is 13.2. The first kappa shape index (κ1) is 20.1. The molecule has 160 valence electrons. The minimum Gasteiger partial charge on any atom is -0.485 e. The van der Waals surface area contributed by atoms with Gasteiger partial charge in [0.25, 0.3) is 5.91 Å². The summed E-state index contributed by atoms with van der Waals surface area (Å²) in [6.45, 7) is 1.92. The number of amides is 1. The van der Waals surface area contributed by atoms with Gasteiger partial charge in [0.1, 0.15) is 11.8 Å². The number of rotatable bonds is 4. The molecule has 1 aliphatic rings. The van der Waals surface area contributed by atoms with Crippen LogP contribution in [0.5, 0.6) is 11.5 Å². The number of benzene rings is 3. The maximum Gasteiger partial charge on any atom is 0.284 e. The fourth-order valence-corrected chi connectivity index (χ4v) is 3.84. The molecule has 1 aromatic heterocycles. The van der Waals surface area contributed by atoms with Crippen LogP contribution in [0.15, 0.2) is 71.8 Å². The molecular formula is C24H19ClN4O3. The van der Waals surface area contributed by atoms with Crippen molar-refractivity contribution in [2.75, 3.05) is 6.61 Å². The highest BCUT2D eigenvalue weighted by atomic mass is 35.5. The molecule has 0 aliphatic carbocycles. The first-order valence-electron chi connectivity index (χ1n) is 10.1. The zero-order chi connectivity index (χ0) is 22.1. The number of hydrogen-bond acceptors (Lipinski definition) is 5. The molecule has 2 heterocycles. The van der Waals surface area contributed by atoms with E-state index in [0.717, 1.165) is 16.5 Å². The van der Waals surface area contributed by atoms with Gasteiger partial charge in [0.05, 0.1) is 23.2 Å². The molecule has 0 saturated heterocycles. The summed E-state index contributed by atoms with van der Waals surface area (Å²) in [7, 11) is 0. The third-order valence-electron chi connectivity index (χ3n) is 5.18. The van der Waals surface area contributed by atoms with Crippen molar-refractivity contribution < 1.29 is 14.3 Å². The number of nitrogens with one attached hydrogen (secondary N) is 1. The molecule has 1 aliphatic heterocycles. The van der Waals surface area contributed by atoms with Crippen LogP contribution in [0.4, 0.5) is 0 Å². The largest absolute Gasteiger partial charge is 0.485 e. The minimum absolute atomic E-state index is 0.0957. The molecule has 1 N–H and O–H groups in total. The smallest absolute Gasteiger partial charge is 0.284 e. The molecule has 3 aromatic carbocycles. The Labute approximate surface area is 189 Å². The lowest BCUT2D eigenvalue weighted by atomic mass is 10.1. The summed E-state index contributed by atoms with van der Waals surface area (Å²) >= 11 is 6.48. The van der Waals surface area contributed by atoms with Gasteiger partial charge in [0.15, 0.2) is 11.5 Å². The molecule has 0 unspecified atom stereocenters. The molecular weight excluding hydrogens is 428 g/mol. The van der Waals surface area contributed by atoms with Crippen molar-refractivity contribution in [3.05, 3.63) is 83.1 Å². The van der Waals surface area contributed by atoms with E-state index in [-0.39, 0.29) is 6.61 Å². The topological polar surface area (TPSA) is 77.7 Å². The summed E-state index contributed by atoms with van der Waals surface area (Å²) in [5.74, 6) is 0.735. The number of para-hydroxylation sites is 1. The average molecular weight is 447 g/mol. The van der Waals surface area contributed by atoms with E-state index in [1.165, 1.54) is 6.21 Å². The fraction of sp³-hybridized carbons (Fsp3) is 0.125. The average Bonchev–Trinajstić information content (AvgIpc) is 3.11. The Morgan fingerprint density at radius 3 is 2.56 bits per heavy atom. The first-order valence-corrected chi connectivity index (χ1v) is 10.4. The highest BCUT2D eigenvalue weighted by Gasteiger charge is 2.27. The molecule has 5 rings (SSSR count). The third kappa shape index (κ3) is 3.78. The fourth-order valence-electron chi connectivity index (χ4n) is 3.52. The molecule has 7 nitrogen and oxygen atoms in total. The van der Waals surface area contributed by atoms with Crippen molar-refractivity contribution in [2.45, 2.75) is 13.0 Å². The SMILES string of the molecule is Cc1nn(-c2ccccc2)c(Cl)c1/C=N/NC(=O)[C@@H]1COc2cc3ccccc3cc2O1. The zero-order valence-corrected chi connectivity index (χ0v) is 17.9. The van der Waals surface area contributed by atoms with E-state index in [2.05, 4.69) is 15.6 Å². The Hall–Kier alpha value is -3.84. The molecule has 0 fully saturated rings. The molecule has 0 radical (unpaired) electrons. The second kappa shape index (κ2) is 8.36. The van der Waals surface area contributed by atoms with Crippen LogP contribution < -0.4 is 14.9 Å². The lowest BCUT2D eigenvalue weighted by Crippen LogP contribution is -2.42. The molecule has 0 bridgehead atoms. The second-order valence-corrected chi connectivity index (χ2v) is 7.69. The van der Waals surface area contributed by atoms with Crippen molar-refractivity contribution in [1.29, 1.82) is 0 Å². The van der Waals surface area contributed by atoms with Crippen molar-refractivity contribution in [3.8, 4) is 17.2 Å². The number of carbonyl (C=O) groups is 1. The number of fused-ring (bicyclic) bond motifs is 2. The highest BCUT2D eigenvalue weighted by molar-refractivity contribution is 6.32. The number of aromatic nitrogens is 2. The first-order chi connectivity index (χ1) is 15.6. The maximum absolute atomic E-state index is 12.6. The van der Waals surface area contributed by atoms with Gasteiger partial charge in [0, 0.05) is 0 Å². The van der Waals surface area contributed by atoms with Crippen molar-refractivity contribution in [2.24, 2.45) is 5.10 Å². The Bertz CT molecular complexity index is 1330. The van der Waals surface area contributed by atoms with Crippen molar-refractivity contribution in [1.82, 2.24) is 15.2 Å². The number of hydrazone groups is 1. The van der Waals surface area contributed by atoms with E-state index in [0.29, 0.717) is 27.9 Å². The predicted octanol–water partition coefficient (Wildman–Crippen LogP) is 4.28. The summed E-state index contributed by atoms with van der Waals surface area (Å²) in [5, 5.41) is 11.0. The van der Waals surface area contributed by atoms with Crippen molar-refractivity contribution in [3.63, 3.8) is 0 Å². The van der Waals surface area contributed by atoms with Crippen LogP contribution in [0, 0.1) is 6.92 Å². The molecule has 0 saturated carbocycles. The van der Waals surface area contributed by atoms with Crippen LogP contribution in [0.25, 0.3) is 16.5 Å². The predicted molar refractivity (Wildman–Crippen MR) is 123 cm³/mol. The van der Waals surface area contributed by atoms with E-state index in [1.54, 1.807) is 4.68 Å². The van der Waals surface area contributed by atoms with Gasteiger partial charge in [-0.05, 0) is 42.0 Å². The molecule has 8 heteroatoms. The monoisotopic (exact) mass is 446 g/mol. The summed E-state index contributed by atoms with van der Waals surface area (Å²) in [6.07, 6.45) is 0.664. The quantitative estimate of drug-likeness (QED) is 0.375. The van der Waals surface area contributed by atoms with E-state index in [4.69, 9.17) is 21.1 Å². The summed E-state index contributed by atoms with van der Waals surface area (Å²) in [4.78, 5) is 12.6. The van der Waals surface area contributed by atoms with E-state index < -0.39 is 12.0 Å². The molecule has 0 spiro atoms. The third-order valence-corrected chi connectivity index (χ3v) is 5.54. The van der Waals surface area contributed by atoms with Crippen LogP contribution >= 0.6 is 11.6 Å². The van der Waals surface area contributed by atoms with Crippen molar-refractivity contribution >= 4 is 34.5 Å². The normalized spacial score (nSPS) is 15.2. The number of halogens is 1. The number of hydrogen-bond donors (Lipinski definition) is 1. The highest BCUT2D eigenvalue weighted by Crippen LogP contribution is 2.35. The molecule has 4 aromatic rings. The maximum atomic E-state index is 12.6. The lowest BCUT2D eigenvalue weighted by Gasteiger charge is -2.25. The lowest BCUT2D eigenvalue weighted by molar-refractivity contribution is -0.130. The summed E-state index contributed by atoms with van der Waals surface area (Å²) in [5.41, 5.74) is 4.65. The Balaban J connectivity index is 1.28. The van der Waals surface area contributed by atoms with Crippen LogP contribution in [0.1, 0.15) is 11.3 Å². The van der Waals surface area contributed by atoms with Gasteiger partial charge >= 0.3 is 0 Å².